The second kappa shape index (κ2) is 14.3. The molecule has 0 amide bonds. The number of nitrogens with zero attached hydrogens (tertiary/aromatic N) is 3. The van der Waals surface area contributed by atoms with Crippen LogP contribution in [-0.4, -0.2) is 26.1 Å². The van der Waals surface area contributed by atoms with Crippen molar-refractivity contribution in [1.82, 2.24) is 24.9 Å². The third kappa shape index (κ3) is 9.00. The predicted molar refractivity (Wildman–Crippen MR) is 116 cm³/mol. The van der Waals surface area contributed by atoms with Gasteiger partial charge in [-0.2, -0.15) is 5.10 Å². The van der Waals surface area contributed by atoms with Crippen LogP contribution in [0.15, 0.2) is 17.2 Å². The van der Waals surface area contributed by atoms with E-state index in [0.29, 0.717) is 12.3 Å². The first-order valence-electron chi connectivity index (χ1n) is 11.4. The summed E-state index contributed by atoms with van der Waals surface area (Å²) >= 11 is 0. The lowest BCUT2D eigenvalue weighted by Gasteiger charge is -2.05. The van der Waals surface area contributed by atoms with E-state index in [1.807, 2.05) is 0 Å². The van der Waals surface area contributed by atoms with Crippen LogP contribution in [0.1, 0.15) is 103 Å². The Morgan fingerprint density at radius 1 is 0.893 bits per heavy atom. The van der Waals surface area contributed by atoms with Crippen molar-refractivity contribution >= 4 is 5.78 Å². The Bertz CT molecular complexity index is 694. The van der Waals surface area contributed by atoms with Gasteiger partial charge in [-0.1, -0.05) is 90.4 Å². The van der Waals surface area contributed by atoms with Crippen LogP contribution in [0.4, 0.5) is 0 Å². The Morgan fingerprint density at radius 2 is 1.46 bits per heavy atom. The molecule has 6 nitrogen and oxygen atoms in total. The first-order chi connectivity index (χ1) is 13.8. The third-order valence-electron chi connectivity index (χ3n) is 5.36. The summed E-state index contributed by atoms with van der Waals surface area (Å²) in [4.78, 5) is 16.3. The highest BCUT2D eigenvalue weighted by Crippen LogP contribution is 2.12. The van der Waals surface area contributed by atoms with Crippen LogP contribution in [-0.2, 0) is 6.54 Å². The smallest absolute Gasteiger partial charge is 0.260 e. The molecule has 0 aliphatic heterocycles. The van der Waals surface area contributed by atoms with Gasteiger partial charge >= 0.3 is 0 Å². The first kappa shape index (κ1) is 22.6. The Kier molecular flexibility index (Phi) is 11.6. The molecule has 0 bridgehead atoms. The molecule has 158 valence electrons. The van der Waals surface area contributed by atoms with Crippen LogP contribution < -0.4 is 10.9 Å². The summed E-state index contributed by atoms with van der Waals surface area (Å²) < 4.78 is 1.41. The number of aromatic amines is 1. The zero-order valence-corrected chi connectivity index (χ0v) is 17.7. The Balaban J connectivity index is 1.36. The molecule has 0 unspecified atom stereocenters. The monoisotopic (exact) mass is 389 g/mol. The quantitative estimate of drug-likeness (QED) is 0.374. The molecule has 0 aliphatic carbocycles. The summed E-state index contributed by atoms with van der Waals surface area (Å²) in [5.41, 5.74) is 0.673. The van der Waals surface area contributed by atoms with Gasteiger partial charge in [0.05, 0.1) is 5.69 Å². The molecule has 0 saturated heterocycles. The minimum atomic E-state index is -0.0907. The first-order valence-corrected chi connectivity index (χ1v) is 11.4. The molecular formula is C22H39N5O. The zero-order valence-electron chi connectivity index (χ0n) is 17.7. The predicted octanol–water partition coefficient (Wildman–Crippen LogP) is 4.99. The van der Waals surface area contributed by atoms with E-state index in [4.69, 9.17) is 0 Å². The minimum Gasteiger partial charge on any atom is -0.311 e. The lowest BCUT2D eigenvalue weighted by molar-refractivity contribution is 0.529. The van der Waals surface area contributed by atoms with Crippen LogP contribution in [0.25, 0.3) is 5.78 Å². The number of fused-ring (bicyclic) bond motifs is 1. The summed E-state index contributed by atoms with van der Waals surface area (Å²) in [6.07, 6.45) is 20.8. The van der Waals surface area contributed by atoms with E-state index >= 15 is 0 Å². The van der Waals surface area contributed by atoms with Gasteiger partial charge in [0.25, 0.3) is 5.56 Å². The summed E-state index contributed by atoms with van der Waals surface area (Å²) in [5, 5.41) is 9.95. The molecule has 0 spiro atoms. The van der Waals surface area contributed by atoms with E-state index in [0.717, 1.165) is 12.2 Å². The largest absolute Gasteiger partial charge is 0.311 e. The fraction of sp³-hybridized carbons (Fsp3) is 0.773. The molecule has 6 heteroatoms. The minimum absolute atomic E-state index is 0.0907. The normalized spacial score (nSPS) is 11.5. The van der Waals surface area contributed by atoms with Crippen molar-refractivity contribution in [3.05, 3.63) is 28.4 Å². The maximum absolute atomic E-state index is 11.9. The van der Waals surface area contributed by atoms with Crippen LogP contribution >= 0.6 is 0 Å². The van der Waals surface area contributed by atoms with Gasteiger partial charge in [-0.25, -0.2) is 14.5 Å². The number of hydrogen-bond acceptors (Lipinski definition) is 4. The average molecular weight is 390 g/mol. The van der Waals surface area contributed by atoms with E-state index < -0.39 is 0 Å². The van der Waals surface area contributed by atoms with Crippen molar-refractivity contribution in [2.45, 2.75) is 103 Å². The highest BCUT2D eigenvalue weighted by atomic mass is 16.1. The summed E-state index contributed by atoms with van der Waals surface area (Å²) in [6.45, 7) is 3.88. The fourth-order valence-corrected chi connectivity index (χ4v) is 3.62. The Morgan fingerprint density at radius 3 is 2.07 bits per heavy atom. The van der Waals surface area contributed by atoms with Gasteiger partial charge in [-0.15, -0.1) is 0 Å². The van der Waals surface area contributed by atoms with Crippen molar-refractivity contribution in [3.63, 3.8) is 0 Å². The number of hydrogen-bond donors (Lipinski definition) is 2. The molecule has 2 heterocycles. The average Bonchev–Trinajstić information content (AvgIpc) is 3.17. The van der Waals surface area contributed by atoms with E-state index in [1.54, 1.807) is 6.07 Å². The van der Waals surface area contributed by atoms with Gasteiger partial charge in [0.2, 0.25) is 5.78 Å². The number of unbranched alkanes of at least 4 members (excludes halogenated alkanes) is 13. The molecule has 0 fully saturated rings. The second-order valence-corrected chi connectivity index (χ2v) is 7.91. The summed E-state index contributed by atoms with van der Waals surface area (Å²) in [5.74, 6) is 0.501. The van der Waals surface area contributed by atoms with Gasteiger partial charge in [0, 0.05) is 12.6 Å². The molecule has 28 heavy (non-hydrogen) atoms. The van der Waals surface area contributed by atoms with E-state index in [9.17, 15) is 4.79 Å². The number of nitrogens with one attached hydrogen (secondary N) is 2. The lowest BCUT2D eigenvalue weighted by Crippen LogP contribution is -2.20. The maximum atomic E-state index is 11.9. The molecule has 0 atom stereocenters. The van der Waals surface area contributed by atoms with Crippen molar-refractivity contribution in [1.29, 1.82) is 0 Å². The summed E-state index contributed by atoms with van der Waals surface area (Å²) in [7, 11) is 0. The van der Waals surface area contributed by atoms with E-state index in [-0.39, 0.29) is 5.56 Å². The Labute approximate surface area is 169 Å². The second-order valence-electron chi connectivity index (χ2n) is 7.91. The topological polar surface area (TPSA) is 75.1 Å². The molecule has 2 rings (SSSR count). The molecule has 0 saturated carbocycles. The van der Waals surface area contributed by atoms with E-state index in [2.05, 4.69) is 27.4 Å². The maximum Gasteiger partial charge on any atom is 0.260 e. The summed E-state index contributed by atoms with van der Waals surface area (Å²) in [6, 6.07) is 1.57. The standard InChI is InChI=1S/C22H39N5O/c1-2-3-4-5-6-7-8-9-10-11-12-13-14-15-16-23-18-20-17-21(28)27-19-24-26-22(27)25-20/h17,19,23H,2-16,18H2,1H3,(H,25,26). The molecular weight excluding hydrogens is 350 g/mol. The Hall–Kier alpha value is -1.69. The van der Waals surface area contributed by atoms with Gasteiger partial charge in [0.1, 0.15) is 6.33 Å². The van der Waals surface area contributed by atoms with Gasteiger partial charge in [0.15, 0.2) is 0 Å². The third-order valence-corrected chi connectivity index (χ3v) is 5.36. The zero-order chi connectivity index (χ0) is 19.9. The van der Waals surface area contributed by atoms with Crippen molar-refractivity contribution in [3.8, 4) is 0 Å². The van der Waals surface area contributed by atoms with Crippen LogP contribution in [0, 0.1) is 0 Å². The van der Waals surface area contributed by atoms with Crippen molar-refractivity contribution in [2.75, 3.05) is 6.54 Å². The van der Waals surface area contributed by atoms with Gasteiger partial charge < -0.3 is 5.32 Å². The van der Waals surface area contributed by atoms with Crippen molar-refractivity contribution < 1.29 is 0 Å². The SMILES string of the molecule is CCCCCCCCCCCCCCCCNCc1cc(=O)n2cn[nH]c2n1. The van der Waals surface area contributed by atoms with Gasteiger partial charge in [-0.3, -0.25) is 4.79 Å². The lowest BCUT2D eigenvalue weighted by atomic mass is 10.0. The molecule has 0 radical (unpaired) electrons. The fourth-order valence-electron chi connectivity index (χ4n) is 3.62. The van der Waals surface area contributed by atoms with Gasteiger partial charge in [-0.05, 0) is 13.0 Å². The number of rotatable bonds is 17. The van der Waals surface area contributed by atoms with Crippen LogP contribution in [0.5, 0.6) is 0 Å². The molecule has 2 N–H and O–H groups in total. The molecule has 0 aliphatic rings. The highest BCUT2D eigenvalue weighted by Gasteiger charge is 2.03. The highest BCUT2D eigenvalue weighted by molar-refractivity contribution is 5.26. The molecule has 2 aromatic heterocycles. The van der Waals surface area contributed by atoms with Crippen LogP contribution in [0.2, 0.25) is 0 Å². The van der Waals surface area contributed by atoms with Crippen molar-refractivity contribution in [2.24, 2.45) is 0 Å². The molecule has 0 aromatic carbocycles. The van der Waals surface area contributed by atoms with E-state index in [1.165, 1.54) is 101 Å². The number of H-pyrrole nitrogens is 1. The molecule has 2 aromatic rings. The van der Waals surface area contributed by atoms with Crippen LogP contribution in [0.3, 0.4) is 0 Å². The number of aromatic nitrogens is 4.